The Hall–Kier alpha value is -1.02. The lowest BCUT2D eigenvalue weighted by atomic mass is 9.64. The van der Waals surface area contributed by atoms with Gasteiger partial charge in [0.1, 0.15) is 11.9 Å². The van der Waals surface area contributed by atoms with Crippen LogP contribution in [0.3, 0.4) is 0 Å². The van der Waals surface area contributed by atoms with Crippen LogP contribution in [0.1, 0.15) is 39.2 Å². The summed E-state index contributed by atoms with van der Waals surface area (Å²) in [5.41, 5.74) is 1.61. The molecule has 100 valence electrons. The lowest BCUT2D eigenvalue weighted by molar-refractivity contribution is -0.0520. The third-order valence-corrected chi connectivity index (χ3v) is 4.27. The molecule has 1 saturated carbocycles. The molecule has 2 heteroatoms. The second-order valence-electron chi connectivity index (χ2n) is 5.90. The molecule has 1 aliphatic carbocycles. The van der Waals surface area contributed by atoms with E-state index in [0.29, 0.717) is 12.1 Å². The van der Waals surface area contributed by atoms with Crippen LogP contribution in [0.25, 0.3) is 0 Å². The molecule has 1 aliphatic rings. The van der Waals surface area contributed by atoms with E-state index in [0.717, 1.165) is 18.6 Å². The summed E-state index contributed by atoms with van der Waals surface area (Å²) in [5, 5.41) is 3.35. The average molecular weight is 247 g/mol. The van der Waals surface area contributed by atoms with Crippen LogP contribution in [-0.4, -0.2) is 19.2 Å². The first kappa shape index (κ1) is 13.4. The first-order valence-electron chi connectivity index (χ1n) is 7.00. The van der Waals surface area contributed by atoms with Gasteiger partial charge in [0.05, 0.1) is 0 Å². The fourth-order valence-corrected chi connectivity index (χ4v) is 2.76. The van der Waals surface area contributed by atoms with E-state index in [-0.39, 0.29) is 5.41 Å². The Bertz CT molecular complexity index is 383. The van der Waals surface area contributed by atoms with Crippen molar-refractivity contribution in [2.75, 3.05) is 7.05 Å². The Morgan fingerprint density at radius 2 is 1.94 bits per heavy atom. The lowest BCUT2D eigenvalue weighted by Crippen LogP contribution is -2.61. The van der Waals surface area contributed by atoms with Gasteiger partial charge in [-0.1, -0.05) is 39.3 Å². The van der Waals surface area contributed by atoms with Crippen molar-refractivity contribution < 1.29 is 4.74 Å². The van der Waals surface area contributed by atoms with E-state index in [4.69, 9.17) is 4.74 Å². The highest BCUT2D eigenvalue weighted by molar-refractivity contribution is 5.28. The summed E-state index contributed by atoms with van der Waals surface area (Å²) >= 11 is 0. The fourth-order valence-electron chi connectivity index (χ4n) is 2.76. The van der Waals surface area contributed by atoms with Gasteiger partial charge in [-0.3, -0.25) is 0 Å². The predicted molar refractivity (Wildman–Crippen MR) is 76.1 cm³/mol. The van der Waals surface area contributed by atoms with E-state index < -0.39 is 0 Å². The van der Waals surface area contributed by atoms with Gasteiger partial charge in [-0.25, -0.2) is 0 Å². The van der Waals surface area contributed by atoms with Gasteiger partial charge in [0, 0.05) is 17.9 Å². The maximum absolute atomic E-state index is 6.09. The molecule has 1 aromatic carbocycles. The number of benzene rings is 1. The first-order valence-corrected chi connectivity index (χ1v) is 7.00. The van der Waals surface area contributed by atoms with Gasteiger partial charge in [0.25, 0.3) is 0 Å². The highest BCUT2D eigenvalue weighted by Gasteiger charge is 2.49. The summed E-state index contributed by atoms with van der Waals surface area (Å²) in [7, 11) is 2.03. The van der Waals surface area contributed by atoms with Gasteiger partial charge in [-0.2, -0.15) is 0 Å². The van der Waals surface area contributed by atoms with Crippen LogP contribution in [0.5, 0.6) is 5.75 Å². The summed E-state index contributed by atoms with van der Waals surface area (Å²) in [6, 6.07) is 9.14. The summed E-state index contributed by atoms with van der Waals surface area (Å²) < 4.78 is 6.09. The number of hydrogen-bond acceptors (Lipinski definition) is 2. The second kappa shape index (κ2) is 5.31. The maximum Gasteiger partial charge on any atom is 0.119 e. The smallest absolute Gasteiger partial charge is 0.119 e. The molecule has 2 nitrogen and oxygen atoms in total. The van der Waals surface area contributed by atoms with Crippen molar-refractivity contribution in [1.82, 2.24) is 5.32 Å². The Morgan fingerprint density at radius 1 is 1.28 bits per heavy atom. The number of ether oxygens (including phenoxy) is 1. The molecule has 0 heterocycles. The number of aryl methyl sites for hydroxylation is 1. The zero-order valence-corrected chi connectivity index (χ0v) is 12.0. The summed E-state index contributed by atoms with van der Waals surface area (Å²) in [5.74, 6) is 1.00. The van der Waals surface area contributed by atoms with Gasteiger partial charge in [-0.05, 0) is 31.2 Å². The molecule has 1 N–H and O–H groups in total. The molecule has 2 unspecified atom stereocenters. The highest BCUT2D eigenvalue weighted by Crippen LogP contribution is 2.42. The van der Waals surface area contributed by atoms with Crippen molar-refractivity contribution in [2.24, 2.45) is 5.41 Å². The van der Waals surface area contributed by atoms with Crippen molar-refractivity contribution in [3.63, 3.8) is 0 Å². The van der Waals surface area contributed by atoms with E-state index >= 15 is 0 Å². The highest BCUT2D eigenvalue weighted by atomic mass is 16.5. The zero-order valence-electron chi connectivity index (χ0n) is 12.0. The molecule has 2 rings (SSSR count). The number of rotatable bonds is 5. The molecule has 0 spiro atoms. The quantitative estimate of drug-likeness (QED) is 0.861. The molecule has 2 atom stereocenters. The van der Waals surface area contributed by atoms with Crippen molar-refractivity contribution >= 4 is 0 Å². The van der Waals surface area contributed by atoms with Crippen molar-refractivity contribution in [3.8, 4) is 5.75 Å². The van der Waals surface area contributed by atoms with Crippen molar-refractivity contribution in [1.29, 1.82) is 0 Å². The number of nitrogens with one attached hydrogen (secondary N) is 1. The van der Waals surface area contributed by atoms with Crippen molar-refractivity contribution in [2.45, 2.75) is 52.2 Å². The van der Waals surface area contributed by atoms with Crippen LogP contribution >= 0.6 is 0 Å². The zero-order chi connectivity index (χ0) is 13.2. The Labute approximate surface area is 111 Å². The molecule has 0 radical (unpaired) electrons. The molecule has 0 aromatic heterocycles. The maximum atomic E-state index is 6.09. The van der Waals surface area contributed by atoms with Crippen LogP contribution in [0.15, 0.2) is 24.3 Å². The van der Waals surface area contributed by atoms with Gasteiger partial charge >= 0.3 is 0 Å². The Kier molecular flexibility index (Phi) is 3.96. The van der Waals surface area contributed by atoms with Gasteiger partial charge in [0.15, 0.2) is 0 Å². The number of hydrogen-bond donors (Lipinski definition) is 1. The van der Waals surface area contributed by atoms with E-state index in [9.17, 15) is 0 Å². The van der Waals surface area contributed by atoms with Crippen LogP contribution in [0.2, 0.25) is 0 Å². The standard InChI is InChI=1S/C16H25NO/c1-5-6-12-7-9-13(10-8-12)18-15-11-14(17-4)16(15,2)3/h7-10,14-15,17H,5-6,11H2,1-4H3. The molecule has 18 heavy (non-hydrogen) atoms. The van der Waals surface area contributed by atoms with Crippen LogP contribution < -0.4 is 10.1 Å². The summed E-state index contributed by atoms with van der Waals surface area (Å²) in [6.45, 7) is 6.75. The van der Waals surface area contributed by atoms with E-state index in [1.807, 2.05) is 7.05 Å². The first-order chi connectivity index (χ1) is 8.57. The normalized spacial score (nSPS) is 25.6. The van der Waals surface area contributed by atoms with Gasteiger partial charge in [0.2, 0.25) is 0 Å². The monoisotopic (exact) mass is 247 g/mol. The third-order valence-electron chi connectivity index (χ3n) is 4.27. The van der Waals surface area contributed by atoms with E-state index in [1.54, 1.807) is 0 Å². The van der Waals surface area contributed by atoms with Gasteiger partial charge in [-0.15, -0.1) is 0 Å². The van der Waals surface area contributed by atoms with Gasteiger partial charge < -0.3 is 10.1 Å². The minimum Gasteiger partial charge on any atom is -0.490 e. The molecular formula is C16H25NO. The van der Waals surface area contributed by atoms with E-state index in [1.165, 1.54) is 12.0 Å². The second-order valence-corrected chi connectivity index (χ2v) is 5.90. The Morgan fingerprint density at radius 3 is 2.44 bits per heavy atom. The predicted octanol–water partition coefficient (Wildman–Crippen LogP) is 3.40. The summed E-state index contributed by atoms with van der Waals surface area (Å²) in [4.78, 5) is 0. The minimum absolute atomic E-state index is 0.219. The molecule has 1 aromatic rings. The molecule has 0 saturated heterocycles. The molecule has 0 aliphatic heterocycles. The van der Waals surface area contributed by atoms with Crippen LogP contribution in [0, 0.1) is 5.41 Å². The molecular weight excluding hydrogens is 222 g/mol. The lowest BCUT2D eigenvalue weighted by Gasteiger charge is -2.51. The van der Waals surface area contributed by atoms with Crippen molar-refractivity contribution in [3.05, 3.63) is 29.8 Å². The molecule has 0 amide bonds. The third kappa shape index (κ3) is 2.54. The topological polar surface area (TPSA) is 21.3 Å². The van der Waals surface area contributed by atoms with E-state index in [2.05, 4.69) is 50.4 Å². The minimum atomic E-state index is 0.219. The van der Waals surface area contributed by atoms with Crippen LogP contribution in [0.4, 0.5) is 0 Å². The average Bonchev–Trinajstić information content (AvgIpc) is 2.36. The molecule has 0 bridgehead atoms. The SMILES string of the molecule is CCCc1ccc(OC2CC(NC)C2(C)C)cc1. The molecule has 1 fully saturated rings. The largest absolute Gasteiger partial charge is 0.490 e. The Balaban J connectivity index is 1.94. The summed E-state index contributed by atoms with van der Waals surface area (Å²) in [6.07, 6.45) is 3.77. The van der Waals surface area contributed by atoms with Crippen LogP contribution in [-0.2, 0) is 6.42 Å². The fraction of sp³-hybridized carbons (Fsp3) is 0.625.